The Kier molecular flexibility index (Phi) is 6.70. The summed E-state index contributed by atoms with van der Waals surface area (Å²) in [6.45, 7) is 8.08. The summed E-state index contributed by atoms with van der Waals surface area (Å²) in [6.07, 6.45) is 1.36. The first-order valence-electron chi connectivity index (χ1n) is 10.8. The quantitative estimate of drug-likeness (QED) is 0.573. The van der Waals surface area contributed by atoms with Crippen LogP contribution in [0.3, 0.4) is 0 Å². The van der Waals surface area contributed by atoms with Crippen molar-refractivity contribution in [3.05, 3.63) is 42.1 Å². The minimum Gasteiger partial charge on any atom is -0.491 e. The van der Waals surface area contributed by atoms with E-state index in [1.54, 1.807) is 7.05 Å². The van der Waals surface area contributed by atoms with E-state index < -0.39 is 6.10 Å². The maximum absolute atomic E-state index is 9.93. The molecule has 8 heteroatoms. The van der Waals surface area contributed by atoms with Crippen LogP contribution < -0.4 is 15.0 Å². The van der Waals surface area contributed by atoms with Gasteiger partial charge in [-0.05, 0) is 25.1 Å². The minimum atomic E-state index is -0.559. The van der Waals surface area contributed by atoms with E-state index in [2.05, 4.69) is 35.2 Å². The molecule has 0 amide bonds. The molecule has 0 spiro atoms. The van der Waals surface area contributed by atoms with Gasteiger partial charge in [0.25, 0.3) is 0 Å². The topological polar surface area (TPSA) is 84.1 Å². The average Bonchev–Trinajstić information content (AvgIpc) is 3.22. The Morgan fingerprint density at radius 3 is 2.77 bits per heavy atom. The van der Waals surface area contributed by atoms with E-state index in [9.17, 15) is 5.11 Å². The van der Waals surface area contributed by atoms with E-state index in [0.717, 1.165) is 41.4 Å². The zero-order valence-corrected chi connectivity index (χ0v) is 18.4. The van der Waals surface area contributed by atoms with Crippen molar-refractivity contribution in [2.45, 2.75) is 25.9 Å². The summed E-state index contributed by atoms with van der Waals surface area (Å²) in [6, 6.07) is 9.94. The highest BCUT2D eigenvalue weighted by Crippen LogP contribution is 2.30. The molecule has 1 aromatic carbocycles. The van der Waals surface area contributed by atoms with Crippen molar-refractivity contribution in [1.29, 1.82) is 0 Å². The van der Waals surface area contributed by atoms with Crippen molar-refractivity contribution < 1.29 is 14.6 Å². The summed E-state index contributed by atoms with van der Waals surface area (Å²) in [5.41, 5.74) is 3.84. The Balaban J connectivity index is 1.71. The number of nitrogens with one attached hydrogen (secondary N) is 1. The smallest absolute Gasteiger partial charge is 0.161 e. The van der Waals surface area contributed by atoms with E-state index in [4.69, 9.17) is 14.5 Å². The van der Waals surface area contributed by atoms with Crippen LogP contribution in [0.2, 0.25) is 0 Å². The van der Waals surface area contributed by atoms with Crippen LogP contribution in [0.25, 0.3) is 16.9 Å². The highest BCUT2D eigenvalue weighted by Gasteiger charge is 2.20. The molecule has 3 aromatic rings. The number of ether oxygens (including phenoxy) is 2. The van der Waals surface area contributed by atoms with Gasteiger partial charge in [0.2, 0.25) is 0 Å². The molecule has 2 N–H and O–H groups in total. The molecule has 0 saturated carbocycles. The molecule has 3 heterocycles. The lowest BCUT2D eigenvalue weighted by atomic mass is 10.1. The highest BCUT2D eigenvalue weighted by molar-refractivity contribution is 5.69. The van der Waals surface area contributed by atoms with Gasteiger partial charge in [0.15, 0.2) is 5.65 Å². The maximum Gasteiger partial charge on any atom is 0.161 e. The van der Waals surface area contributed by atoms with Gasteiger partial charge in [-0.25, -0.2) is 4.98 Å². The van der Waals surface area contributed by atoms with Crippen molar-refractivity contribution in [1.82, 2.24) is 19.9 Å². The molecule has 1 atom stereocenters. The van der Waals surface area contributed by atoms with Crippen molar-refractivity contribution in [2.24, 2.45) is 0 Å². The zero-order valence-electron chi connectivity index (χ0n) is 18.4. The fourth-order valence-corrected chi connectivity index (χ4v) is 3.77. The Bertz CT molecular complexity index is 1010. The third-order valence-corrected chi connectivity index (χ3v) is 5.45. The molecule has 0 bridgehead atoms. The molecule has 166 valence electrons. The predicted octanol–water partition coefficient (Wildman–Crippen LogP) is 2.32. The van der Waals surface area contributed by atoms with Crippen LogP contribution in [0.1, 0.15) is 25.3 Å². The first kappa shape index (κ1) is 21.5. The minimum absolute atomic E-state index is 0.232. The fourth-order valence-electron chi connectivity index (χ4n) is 3.77. The molecular formula is C23H31N5O3. The number of aliphatic hydroxyl groups excluding tert-OH is 1. The lowest BCUT2D eigenvalue weighted by Crippen LogP contribution is -2.37. The van der Waals surface area contributed by atoms with E-state index in [0.29, 0.717) is 31.4 Å². The van der Waals surface area contributed by atoms with Crippen molar-refractivity contribution in [3.63, 3.8) is 0 Å². The standard InChI is InChI=1S/C23H31N5O3/c1-16(2)20-14-25-28-22(27-7-9-30-10-8-27)12-21(26-23(20)28)17-5-4-6-19(11-17)31-15-18(29)13-24-3/h4-6,11-12,14,16,18,24,29H,7-10,13,15H2,1-3H3. The molecule has 1 aliphatic heterocycles. The number of morpholine rings is 1. The Morgan fingerprint density at radius 1 is 1.23 bits per heavy atom. The van der Waals surface area contributed by atoms with Gasteiger partial charge >= 0.3 is 0 Å². The number of anilines is 1. The predicted molar refractivity (Wildman–Crippen MR) is 121 cm³/mol. The van der Waals surface area contributed by atoms with Crippen molar-refractivity contribution >= 4 is 11.5 Å². The fraction of sp³-hybridized carbons (Fsp3) is 0.478. The second-order valence-electron chi connectivity index (χ2n) is 8.14. The molecule has 1 fully saturated rings. The van der Waals surface area contributed by atoms with Gasteiger partial charge in [0, 0.05) is 36.8 Å². The van der Waals surface area contributed by atoms with Crippen LogP contribution in [0.15, 0.2) is 36.5 Å². The highest BCUT2D eigenvalue weighted by atomic mass is 16.5. The van der Waals surface area contributed by atoms with E-state index in [1.807, 2.05) is 35.0 Å². The SMILES string of the molecule is CNCC(O)COc1cccc(-c2cc(N3CCOCC3)n3ncc(C(C)C)c3n2)c1. The molecule has 2 aromatic heterocycles. The third-order valence-electron chi connectivity index (χ3n) is 5.45. The summed E-state index contributed by atoms with van der Waals surface area (Å²) < 4.78 is 13.3. The number of hydrogen-bond acceptors (Lipinski definition) is 7. The molecule has 1 aliphatic rings. The van der Waals surface area contributed by atoms with E-state index in [-0.39, 0.29) is 6.61 Å². The number of fused-ring (bicyclic) bond motifs is 1. The second-order valence-corrected chi connectivity index (χ2v) is 8.14. The molecule has 4 rings (SSSR count). The van der Waals surface area contributed by atoms with Crippen molar-refractivity contribution in [2.75, 3.05) is 51.4 Å². The van der Waals surface area contributed by atoms with E-state index in [1.165, 1.54) is 0 Å². The van der Waals surface area contributed by atoms with Gasteiger partial charge in [0.05, 0.1) is 25.1 Å². The van der Waals surface area contributed by atoms with E-state index >= 15 is 0 Å². The number of likely N-dealkylation sites (N-methyl/N-ethyl adjacent to an activating group) is 1. The molecule has 0 radical (unpaired) electrons. The number of aromatic nitrogens is 3. The summed E-state index contributed by atoms with van der Waals surface area (Å²) in [4.78, 5) is 7.27. The zero-order chi connectivity index (χ0) is 21.8. The Labute approximate surface area is 182 Å². The third kappa shape index (κ3) is 4.81. The van der Waals surface area contributed by atoms with Gasteiger partial charge in [-0.3, -0.25) is 0 Å². The monoisotopic (exact) mass is 425 g/mol. The first-order chi connectivity index (χ1) is 15.1. The largest absolute Gasteiger partial charge is 0.491 e. The molecule has 0 aliphatic carbocycles. The molecule has 1 saturated heterocycles. The normalized spacial score (nSPS) is 15.6. The van der Waals surface area contributed by atoms with Crippen LogP contribution >= 0.6 is 0 Å². The maximum atomic E-state index is 9.93. The summed E-state index contributed by atoms with van der Waals surface area (Å²) in [5, 5.41) is 17.5. The van der Waals surface area contributed by atoms with Gasteiger partial charge in [-0.2, -0.15) is 9.61 Å². The van der Waals surface area contributed by atoms with Gasteiger partial charge in [-0.15, -0.1) is 0 Å². The second kappa shape index (κ2) is 9.64. The number of nitrogens with zero attached hydrogens (tertiary/aromatic N) is 4. The summed E-state index contributed by atoms with van der Waals surface area (Å²) >= 11 is 0. The number of benzene rings is 1. The lowest BCUT2D eigenvalue weighted by molar-refractivity contribution is 0.108. The van der Waals surface area contributed by atoms with Gasteiger partial charge in [0.1, 0.15) is 24.3 Å². The van der Waals surface area contributed by atoms with Crippen LogP contribution in [-0.4, -0.2) is 72.3 Å². The average molecular weight is 426 g/mol. The summed E-state index contributed by atoms with van der Waals surface area (Å²) in [7, 11) is 1.81. The van der Waals surface area contributed by atoms with Crippen LogP contribution in [0.5, 0.6) is 5.75 Å². The Hall–Kier alpha value is -2.68. The number of hydrogen-bond donors (Lipinski definition) is 2. The molecule has 8 nitrogen and oxygen atoms in total. The number of aliphatic hydroxyl groups is 1. The van der Waals surface area contributed by atoms with Crippen LogP contribution in [0.4, 0.5) is 5.82 Å². The Morgan fingerprint density at radius 2 is 2.03 bits per heavy atom. The summed E-state index contributed by atoms with van der Waals surface area (Å²) in [5.74, 6) is 2.05. The molecular weight excluding hydrogens is 394 g/mol. The molecule has 1 unspecified atom stereocenters. The van der Waals surface area contributed by atoms with Crippen LogP contribution in [-0.2, 0) is 4.74 Å². The first-order valence-corrected chi connectivity index (χ1v) is 10.8. The molecule has 31 heavy (non-hydrogen) atoms. The lowest BCUT2D eigenvalue weighted by Gasteiger charge is -2.29. The van der Waals surface area contributed by atoms with Gasteiger partial charge < -0.3 is 24.8 Å². The van der Waals surface area contributed by atoms with Crippen LogP contribution in [0, 0.1) is 0 Å². The van der Waals surface area contributed by atoms with Crippen molar-refractivity contribution in [3.8, 4) is 17.0 Å². The number of rotatable bonds is 8. The van der Waals surface area contributed by atoms with Gasteiger partial charge in [-0.1, -0.05) is 26.0 Å².